The van der Waals surface area contributed by atoms with Gasteiger partial charge in [0.1, 0.15) is 10.7 Å². The van der Waals surface area contributed by atoms with Crippen molar-refractivity contribution in [3.8, 4) is 0 Å². The molecule has 0 aliphatic rings. The number of sulfone groups is 1. The summed E-state index contributed by atoms with van der Waals surface area (Å²) < 4.78 is 35.9. The fourth-order valence-corrected chi connectivity index (χ4v) is 3.95. The van der Waals surface area contributed by atoms with Crippen molar-refractivity contribution in [2.75, 3.05) is 12.0 Å². The van der Waals surface area contributed by atoms with Crippen LogP contribution in [0.15, 0.2) is 77.7 Å². The van der Waals surface area contributed by atoms with Gasteiger partial charge in [0, 0.05) is 19.3 Å². The number of nitrogens with two attached hydrogens (primary N) is 1. The Bertz CT molecular complexity index is 1050. The summed E-state index contributed by atoms with van der Waals surface area (Å²) in [6, 6.07) is 23.0. The van der Waals surface area contributed by atoms with E-state index in [4.69, 9.17) is 5.73 Å². The lowest BCUT2D eigenvalue weighted by molar-refractivity contribution is 0.101. The number of Topliss-reactive ketones (excluding diaryl/α,β-unsaturated/α-hetero) is 1. The molecule has 0 aliphatic carbocycles. The molecule has 0 saturated carbocycles. The molecular formula is C23H25FN2O3S. The summed E-state index contributed by atoms with van der Waals surface area (Å²) in [6.07, 6.45) is 0.880. The lowest BCUT2D eigenvalue weighted by atomic mass is 10.1. The van der Waals surface area contributed by atoms with Crippen LogP contribution >= 0.6 is 0 Å². The van der Waals surface area contributed by atoms with Gasteiger partial charge in [-0.2, -0.15) is 0 Å². The fraction of sp³-hybridized carbons (Fsp3) is 0.174. The summed E-state index contributed by atoms with van der Waals surface area (Å²) in [5.41, 5.74) is 7.47. The maximum atomic E-state index is 13.3. The van der Waals surface area contributed by atoms with E-state index in [-0.39, 0.29) is 5.69 Å². The number of anilines is 1. The highest BCUT2D eigenvalue weighted by atomic mass is 32.2. The number of carbonyl (C=O) groups is 1. The van der Waals surface area contributed by atoms with Crippen LogP contribution < -0.4 is 11.1 Å². The second-order valence-corrected chi connectivity index (χ2v) is 8.70. The van der Waals surface area contributed by atoms with Crippen LogP contribution in [0.1, 0.15) is 28.4 Å². The predicted molar refractivity (Wildman–Crippen MR) is 117 cm³/mol. The highest BCUT2D eigenvalue weighted by Crippen LogP contribution is 2.25. The molecule has 0 atom stereocenters. The number of rotatable bonds is 6. The van der Waals surface area contributed by atoms with E-state index in [1.165, 1.54) is 11.1 Å². The van der Waals surface area contributed by atoms with Crippen LogP contribution in [-0.2, 0) is 22.9 Å². The van der Waals surface area contributed by atoms with Crippen LogP contribution in [0, 0.1) is 5.82 Å². The average molecular weight is 429 g/mol. The molecule has 7 heteroatoms. The van der Waals surface area contributed by atoms with E-state index in [2.05, 4.69) is 53.8 Å². The SMILES string of the molecule is CC(=O)c1c(F)ccc(N)c1S(C)(=O)=O.c1ccc(CNCc2ccccc2)cc1. The molecule has 5 nitrogen and oxygen atoms in total. The van der Waals surface area contributed by atoms with E-state index in [9.17, 15) is 17.6 Å². The molecule has 30 heavy (non-hydrogen) atoms. The van der Waals surface area contributed by atoms with Crippen LogP contribution in [0.5, 0.6) is 0 Å². The minimum Gasteiger partial charge on any atom is -0.398 e. The third-order valence-electron chi connectivity index (χ3n) is 4.20. The standard InChI is InChI=1S/C14H15N.C9H10FNO3S/c1-3-7-13(8-4-1)11-15-12-14-9-5-2-6-10-14;1-5(12)8-6(10)3-4-7(11)9(8)15(2,13)14/h1-10,15H,11-12H2;3-4H,11H2,1-2H3. The first-order valence-corrected chi connectivity index (χ1v) is 11.2. The quantitative estimate of drug-likeness (QED) is 0.458. The van der Waals surface area contributed by atoms with Gasteiger partial charge >= 0.3 is 0 Å². The van der Waals surface area contributed by atoms with Crippen LogP contribution in [0.4, 0.5) is 10.1 Å². The van der Waals surface area contributed by atoms with E-state index < -0.39 is 31.9 Å². The summed E-state index contributed by atoms with van der Waals surface area (Å²) in [5, 5.41) is 3.42. The first-order valence-electron chi connectivity index (χ1n) is 9.27. The van der Waals surface area contributed by atoms with Gasteiger partial charge in [0.05, 0.1) is 11.3 Å². The van der Waals surface area contributed by atoms with Gasteiger partial charge in [0.2, 0.25) is 0 Å². The summed E-state index contributed by atoms with van der Waals surface area (Å²) in [4.78, 5) is 10.7. The summed E-state index contributed by atoms with van der Waals surface area (Å²) in [5.74, 6) is -1.54. The molecule has 0 saturated heterocycles. The second kappa shape index (κ2) is 10.7. The Labute approximate surface area is 176 Å². The lowest BCUT2D eigenvalue weighted by Gasteiger charge is -2.08. The number of ketones is 1. The molecule has 3 N–H and O–H groups in total. The highest BCUT2D eigenvalue weighted by molar-refractivity contribution is 7.91. The van der Waals surface area contributed by atoms with Gasteiger partial charge < -0.3 is 11.1 Å². The third kappa shape index (κ3) is 6.79. The maximum Gasteiger partial charge on any atom is 0.178 e. The topological polar surface area (TPSA) is 89.3 Å². The lowest BCUT2D eigenvalue weighted by Crippen LogP contribution is -2.12. The first kappa shape index (κ1) is 23.3. The Kier molecular flexibility index (Phi) is 8.26. The minimum atomic E-state index is -3.72. The summed E-state index contributed by atoms with van der Waals surface area (Å²) in [7, 11) is -3.72. The molecule has 0 unspecified atom stereocenters. The molecule has 0 aliphatic heterocycles. The van der Waals surface area contributed by atoms with Crippen molar-refractivity contribution < 1.29 is 17.6 Å². The van der Waals surface area contributed by atoms with Gasteiger partial charge in [-0.1, -0.05) is 60.7 Å². The molecular weight excluding hydrogens is 403 g/mol. The van der Waals surface area contributed by atoms with E-state index >= 15 is 0 Å². The van der Waals surface area contributed by atoms with Crippen LogP contribution in [0.3, 0.4) is 0 Å². The van der Waals surface area contributed by atoms with E-state index in [0.717, 1.165) is 38.4 Å². The van der Waals surface area contributed by atoms with Gasteiger partial charge in [0.25, 0.3) is 0 Å². The van der Waals surface area contributed by atoms with Gasteiger partial charge in [-0.3, -0.25) is 4.79 Å². The minimum absolute atomic E-state index is 0.121. The zero-order valence-corrected chi connectivity index (χ0v) is 17.7. The normalized spacial score (nSPS) is 10.8. The van der Waals surface area contributed by atoms with Crippen molar-refractivity contribution in [3.63, 3.8) is 0 Å². The maximum absolute atomic E-state index is 13.3. The van der Waals surface area contributed by atoms with Crippen LogP contribution in [0.2, 0.25) is 0 Å². The monoisotopic (exact) mass is 428 g/mol. The van der Waals surface area contributed by atoms with Crippen LogP contribution in [-0.4, -0.2) is 20.5 Å². The molecule has 158 valence electrons. The molecule has 0 bridgehead atoms. The van der Waals surface area contributed by atoms with Crippen molar-refractivity contribution in [1.82, 2.24) is 5.32 Å². The van der Waals surface area contributed by atoms with E-state index in [1.807, 2.05) is 12.1 Å². The van der Waals surface area contributed by atoms with Crippen molar-refractivity contribution in [3.05, 3.63) is 95.3 Å². The van der Waals surface area contributed by atoms with E-state index in [1.54, 1.807) is 0 Å². The zero-order valence-electron chi connectivity index (χ0n) is 16.9. The molecule has 3 aromatic rings. The number of nitrogen functional groups attached to an aromatic ring is 1. The molecule has 0 heterocycles. The summed E-state index contributed by atoms with van der Waals surface area (Å²) in [6.45, 7) is 2.94. The number of hydrogen-bond acceptors (Lipinski definition) is 5. The summed E-state index contributed by atoms with van der Waals surface area (Å²) >= 11 is 0. The van der Waals surface area contributed by atoms with Gasteiger partial charge in [0.15, 0.2) is 15.6 Å². The average Bonchev–Trinajstić information content (AvgIpc) is 2.70. The van der Waals surface area contributed by atoms with Gasteiger partial charge in [-0.25, -0.2) is 12.8 Å². The molecule has 3 aromatic carbocycles. The smallest absolute Gasteiger partial charge is 0.178 e. The van der Waals surface area contributed by atoms with Crippen LogP contribution in [0.25, 0.3) is 0 Å². The van der Waals surface area contributed by atoms with Gasteiger partial charge in [-0.05, 0) is 30.2 Å². The number of halogens is 1. The van der Waals surface area contributed by atoms with Crippen molar-refractivity contribution >= 4 is 21.3 Å². The molecule has 0 radical (unpaired) electrons. The highest BCUT2D eigenvalue weighted by Gasteiger charge is 2.23. The fourth-order valence-electron chi connectivity index (χ4n) is 2.85. The third-order valence-corrected chi connectivity index (χ3v) is 5.39. The number of nitrogens with one attached hydrogen (secondary N) is 1. The molecule has 0 amide bonds. The Hall–Kier alpha value is -3.03. The Morgan fingerprint density at radius 3 is 1.73 bits per heavy atom. The Balaban J connectivity index is 0.000000214. The predicted octanol–water partition coefficient (Wildman–Crippen LogP) is 3.99. The molecule has 0 aromatic heterocycles. The number of carbonyl (C=O) groups excluding carboxylic acids is 1. The first-order chi connectivity index (χ1) is 14.2. The van der Waals surface area contributed by atoms with Crippen molar-refractivity contribution in [1.29, 1.82) is 0 Å². The molecule has 0 spiro atoms. The Morgan fingerprint density at radius 2 is 1.37 bits per heavy atom. The van der Waals surface area contributed by atoms with Gasteiger partial charge in [-0.15, -0.1) is 0 Å². The second-order valence-electron chi connectivity index (χ2n) is 6.74. The van der Waals surface area contributed by atoms with Crippen molar-refractivity contribution in [2.45, 2.75) is 24.9 Å². The largest absolute Gasteiger partial charge is 0.398 e. The molecule has 3 rings (SSSR count). The zero-order chi connectivity index (χ0) is 22.1. The Morgan fingerprint density at radius 1 is 0.900 bits per heavy atom. The number of benzene rings is 3. The van der Waals surface area contributed by atoms with E-state index in [0.29, 0.717) is 0 Å². The molecule has 0 fully saturated rings. The number of hydrogen-bond donors (Lipinski definition) is 2. The van der Waals surface area contributed by atoms with Crippen molar-refractivity contribution in [2.24, 2.45) is 0 Å².